The van der Waals surface area contributed by atoms with Crippen LogP contribution in [0.4, 0.5) is 5.69 Å². The van der Waals surface area contributed by atoms with Gasteiger partial charge in [0.05, 0.1) is 23.9 Å². The van der Waals surface area contributed by atoms with Crippen molar-refractivity contribution in [1.82, 2.24) is 10.3 Å². The molecule has 1 aromatic carbocycles. The highest BCUT2D eigenvalue weighted by Gasteiger charge is 2.17. The topological polar surface area (TPSA) is 91.1 Å². The molecule has 1 aromatic heterocycles. The van der Waals surface area contributed by atoms with Crippen LogP contribution in [-0.2, 0) is 0 Å². The average molecular weight is 261 g/mol. The molecular formula is C14H19N3O2. The van der Waals surface area contributed by atoms with Crippen LogP contribution in [0.3, 0.4) is 0 Å². The van der Waals surface area contributed by atoms with Crippen molar-refractivity contribution >= 4 is 22.5 Å². The fourth-order valence-corrected chi connectivity index (χ4v) is 1.97. The minimum Gasteiger partial charge on any atom is -0.397 e. The first-order valence-corrected chi connectivity index (χ1v) is 6.32. The molecule has 0 fully saturated rings. The van der Waals surface area contributed by atoms with E-state index in [1.165, 1.54) is 0 Å². The molecule has 0 aliphatic heterocycles. The van der Waals surface area contributed by atoms with Gasteiger partial charge in [-0.3, -0.25) is 4.79 Å². The van der Waals surface area contributed by atoms with Crippen molar-refractivity contribution in [1.29, 1.82) is 0 Å². The lowest BCUT2D eigenvalue weighted by atomic mass is 10.1. The van der Waals surface area contributed by atoms with Gasteiger partial charge >= 0.3 is 0 Å². The van der Waals surface area contributed by atoms with Crippen LogP contribution in [0, 0.1) is 5.92 Å². The number of aromatic amines is 1. The molecule has 0 saturated carbocycles. The Bertz CT molecular complexity index is 589. The molecule has 1 unspecified atom stereocenters. The summed E-state index contributed by atoms with van der Waals surface area (Å²) in [6, 6.07) is 7.03. The number of hydrogen-bond acceptors (Lipinski definition) is 3. The number of benzene rings is 1. The monoisotopic (exact) mass is 261 g/mol. The number of anilines is 1. The van der Waals surface area contributed by atoms with Gasteiger partial charge in [-0.25, -0.2) is 0 Å². The smallest absolute Gasteiger partial charge is 0.268 e. The lowest BCUT2D eigenvalue weighted by molar-refractivity contribution is 0.0892. The summed E-state index contributed by atoms with van der Waals surface area (Å²) in [5, 5.41) is 12.9. The van der Waals surface area contributed by atoms with Crippen LogP contribution in [0.15, 0.2) is 24.3 Å². The lowest BCUT2D eigenvalue weighted by Crippen LogP contribution is -2.41. The number of aliphatic hydroxyl groups is 1. The van der Waals surface area contributed by atoms with Crippen molar-refractivity contribution in [2.45, 2.75) is 19.9 Å². The van der Waals surface area contributed by atoms with E-state index in [9.17, 15) is 9.90 Å². The summed E-state index contributed by atoms with van der Waals surface area (Å²) in [7, 11) is 0. The van der Waals surface area contributed by atoms with E-state index in [0.717, 1.165) is 10.9 Å². The fourth-order valence-electron chi connectivity index (χ4n) is 1.97. The molecule has 5 nitrogen and oxygen atoms in total. The zero-order valence-corrected chi connectivity index (χ0v) is 11.1. The number of amides is 1. The molecule has 0 aliphatic carbocycles. The summed E-state index contributed by atoms with van der Waals surface area (Å²) in [5.74, 6) is -0.0632. The Labute approximate surface area is 111 Å². The predicted molar refractivity (Wildman–Crippen MR) is 75.9 cm³/mol. The minimum atomic E-state index is -0.253. The molecule has 0 spiro atoms. The Balaban J connectivity index is 2.24. The Kier molecular flexibility index (Phi) is 3.76. The maximum Gasteiger partial charge on any atom is 0.268 e. The van der Waals surface area contributed by atoms with Crippen LogP contribution in [0.25, 0.3) is 10.9 Å². The van der Waals surface area contributed by atoms with Crippen LogP contribution >= 0.6 is 0 Å². The summed E-state index contributed by atoms with van der Waals surface area (Å²) in [4.78, 5) is 15.1. The second-order valence-corrected chi connectivity index (χ2v) is 5.00. The van der Waals surface area contributed by atoms with E-state index in [4.69, 9.17) is 5.73 Å². The van der Waals surface area contributed by atoms with Crippen molar-refractivity contribution in [2.24, 2.45) is 5.92 Å². The summed E-state index contributed by atoms with van der Waals surface area (Å²) in [6.45, 7) is 3.82. The largest absolute Gasteiger partial charge is 0.397 e. The molecule has 1 amide bonds. The van der Waals surface area contributed by atoms with Crippen molar-refractivity contribution < 1.29 is 9.90 Å². The molecule has 102 valence electrons. The predicted octanol–water partition coefficient (Wildman–Crippen LogP) is 1.50. The number of para-hydroxylation sites is 1. The van der Waals surface area contributed by atoms with E-state index in [-0.39, 0.29) is 24.5 Å². The maximum absolute atomic E-state index is 12.1. The molecule has 0 saturated heterocycles. The molecule has 2 aromatic rings. The number of aromatic nitrogens is 1. The molecule has 5 heteroatoms. The number of rotatable bonds is 4. The van der Waals surface area contributed by atoms with Crippen LogP contribution in [0.5, 0.6) is 0 Å². The van der Waals surface area contributed by atoms with Gasteiger partial charge < -0.3 is 21.1 Å². The third-order valence-electron chi connectivity index (χ3n) is 3.25. The molecule has 19 heavy (non-hydrogen) atoms. The number of carbonyl (C=O) groups excluding carboxylic acids is 1. The van der Waals surface area contributed by atoms with E-state index in [1.807, 2.05) is 26.0 Å². The molecular weight excluding hydrogens is 242 g/mol. The number of nitrogen functional groups attached to an aromatic ring is 1. The van der Waals surface area contributed by atoms with Crippen LogP contribution in [0.1, 0.15) is 24.3 Å². The number of H-pyrrole nitrogens is 1. The number of hydrogen-bond donors (Lipinski definition) is 4. The Morgan fingerprint density at radius 3 is 2.79 bits per heavy atom. The van der Waals surface area contributed by atoms with Gasteiger partial charge in [-0.1, -0.05) is 26.0 Å². The van der Waals surface area contributed by atoms with Crippen LogP contribution in [0.2, 0.25) is 0 Å². The summed E-state index contributed by atoms with van der Waals surface area (Å²) in [6.07, 6.45) is 0. The van der Waals surface area contributed by atoms with E-state index in [2.05, 4.69) is 10.3 Å². The average Bonchev–Trinajstić information content (AvgIpc) is 2.80. The van der Waals surface area contributed by atoms with Gasteiger partial charge in [-0.2, -0.15) is 0 Å². The first-order chi connectivity index (χ1) is 9.02. The third kappa shape index (κ3) is 2.71. The number of aliphatic hydroxyl groups excluding tert-OH is 1. The van der Waals surface area contributed by atoms with Crippen molar-refractivity contribution in [3.63, 3.8) is 0 Å². The first kappa shape index (κ1) is 13.4. The third-order valence-corrected chi connectivity index (χ3v) is 3.25. The number of nitrogens with two attached hydrogens (primary N) is 1. The number of fused-ring (bicyclic) bond motifs is 1. The molecule has 0 bridgehead atoms. The van der Waals surface area contributed by atoms with Crippen molar-refractivity contribution in [3.05, 3.63) is 30.0 Å². The standard InChI is InChI=1S/C14H19N3O2/c1-8(2)12(7-18)17-14(19)11-6-9-4-3-5-10(15)13(9)16-11/h3-6,8,12,16,18H,7,15H2,1-2H3,(H,17,19). The Morgan fingerprint density at radius 1 is 1.47 bits per heavy atom. The number of nitrogens with one attached hydrogen (secondary N) is 2. The summed E-state index contributed by atoms with van der Waals surface area (Å²) < 4.78 is 0. The van der Waals surface area contributed by atoms with Gasteiger partial charge in [0.2, 0.25) is 0 Å². The van der Waals surface area contributed by atoms with Gasteiger partial charge in [0, 0.05) is 5.39 Å². The van der Waals surface area contributed by atoms with E-state index in [1.54, 1.807) is 12.1 Å². The molecule has 0 radical (unpaired) electrons. The van der Waals surface area contributed by atoms with Gasteiger partial charge in [-0.15, -0.1) is 0 Å². The van der Waals surface area contributed by atoms with Crippen molar-refractivity contribution in [3.8, 4) is 0 Å². The van der Waals surface area contributed by atoms with Gasteiger partial charge in [0.1, 0.15) is 5.69 Å². The molecule has 2 rings (SSSR count). The van der Waals surface area contributed by atoms with E-state index in [0.29, 0.717) is 11.4 Å². The fraction of sp³-hybridized carbons (Fsp3) is 0.357. The summed E-state index contributed by atoms with van der Waals surface area (Å²) in [5.41, 5.74) is 7.67. The highest BCUT2D eigenvalue weighted by Crippen LogP contribution is 2.21. The van der Waals surface area contributed by atoms with Gasteiger partial charge in [-0.05, 0) is 18.1 Å². The Morgan fingerprint density at radius 2 is 2.21 bits per heavy atom. The highest BCUT2D eigenvalue weighted by molar-refractivity contribution is 6.00. The Hall–Kier alpha value is -2.01. The van der Waals surface area contributed by atoms with E-state index < -0.39 is 0 Å². The SMILES string of the molecule is CC(C)C(CO)NC(=O)c1cc2cccc(N)c2[nH]1. The van der Waals surface area contributed by atoms with Gasteiger partial charge in [0.25, 0.3) is 5.91 Å². The van der Waals surface area contributed by atoms with E-state index >= 15 is 0 Å². The second kappa shape index (κ2) is 5.32. The quantitative estimate of drug-likeness (QED) is 0.628. The second-order valence-electron chi connectivity index (χ2n) is 5.00. The normalized spacial score (nSPS) is 12.8. The number of carbonyl (C=O) groups is 1. The molecule has 0 aliphatic rings. The first-order valence-electron chi connectivity index (χ1n) is 6.32. The lowest BCUT2D eigenvalue weighted by Gasteiger charge is -2.19. The molecule has 5 N–H and O–H groups in total. The zero-order chi connectivity index (χ0) is 14.0. The highest BCUT2D eigenvalue weighted by atomic mass is 16.3. The molecule has 1 atom stereocenters. The van der Waals surface area contributed by atoms with Crippen molar-refractivity contribution in [2.75, 3.05) is 12.3 Å². The zero-order valence-electron chi connectivity index (χ0n) is 11.1. The molecule has 1 heterocycles. The summed E-state index contributed by atoms with van der Waals surface area (Å²) >= 11 is 0. The van der Waals surface area contributed by atoms with Gasteiger partial charge in [0.15, 0.2) is 0 Å². The minimum absolute atomic E-state index is 0.0776. The maximum atomic E-state index is 12.1. The van der Waals surface area contributed by atoms with Crippen LogP contribution < -0.4 is 11.1 Å². The van der Waals surface area contributed by atoms with Crippen LogP contribution in [-0.4, -0.2) is 28.6 Å².